The van der Waals surface area contributed by atoms with Crippen molar-refractivity contribution >= 4 is 5.91 Å². The van der Waals surface area contributed by atoms with Gasteiger partial charge in [0.05, 0.1) is 18.5 Å². The first-order valence-corrected chi connectivity index (χ1v) is 8.23. The summed E-state index contributed by atoms with van der Waals surface area (Å²) in [5.74, 6) is 0.930. The Morgan fingerprint density at radius 3 is 2.92 bits per heavy atom. The highest BCUT2D eigenvalue weighted by Crippen LogP contribution is 2.16. The lowest BCUT2D eigenvalue weighted by molar-refractivity contribution is 0.0490. The Morgan fingerprint density at radius 2 is 2.21 bits per heavy atom. The normalized spacial score (nSPS) is 15.2. The van der Waals surface area contributed by atoms with Crippen LogP contribution in [0.25, 0.3) is 0 Å². The summed E-state index contributed by atoms with van der Waals surface area (Å²) in [5.41, 5.74) is 1.52. The lowest BCUT2D eigenvalue weighted by Gasteiger charge is -2.21. The first-order chi connectivity index (χ1) is 11.8. The van der Waals surface area contributed by atoms with E-state index in [4.69, 9.17) is 9.47 Å². The summed E-state index contributed by atoms with van der Waals surface area (Å²) in [6.45, 7) is 2.80. The van der Waals surface area contributed by atoms with Crippen LogP contribution in [0.3, 0.4) is 0 Å². The number of amides is 1. The lowest BCUT2D eigenvalue weighted by Crippen LogP contribution is -2.26. The quantitative estimate of drug-likeness (QED) is 0.804. The van der Waals surface area contributed by atoms with E-state index >= 15 is 0 Å². The summed E-state index contributed by atoms with van der Waals surface area (Å²) in [6.07, 6.45) is 7.68. The number of hydrogen-bond donors (Lipinski definition) is 2. The van der Waals surface area contributed by atoms with Crippen molar-refractivity contribution in [1.82, 2.24) is 20.3 Å². The predicted molar refractivity (Wildman–Crippen MR) is 87.9 cm³/mol. The number of carbonyl (C=O) groups excluding carboxylic acids is 1. The Balaban J connectivity index is 1.42. The van der Waals surface area contributed by atoms with Crippen molar-refractivity contribution in [3.8, 4) is 5.88 Å². The summed E-state index contributed by atoms with van der Waals surface area (Å²) in [6, 6.07) is 3.47. The number of aromatic nitrogens is 3. The molecule has 0 radical (unpaired) electrons. The molecule has 0 aliphatic carbocycles. The molecular weight excluding hydrogens is 308 g/mol. The number of aromatic amines is 1. The molecule has 2 aromatic rings. The molecule has 1 aliphatic heterocycles. The summed E-state index contributed by atoms with van der Waals surface area (Å²) in [5, 5.41) is 2.86. The Kier molecular flexibility index (Phi) is 5.79. The third-order valence-electron chi connectivity index (χ3n) is 4.04. The fourth-order valence-electron chi connectivity index (χ4n) is 2.55. The van der Waals surface area contributed by atoms with Gasteiger partial charge in [0.25, 0.3) is 5.91 Å². The van der Waals surface area contributed by atoms with Crippen LogP contribution in [0.2, 0.25) is 0 Å². The molecule has 2 aromatic heterocycles. The van der Waals surface area contributed by atoms with Crippen LogP contribution in [0.1, 0.15) is 28.9 Å². The number of nitrogens with zero attached hydrogens (tertiary/aromatic N) is 2. The van der Waals surface area contributed by atoms with Gasteiger partial charge in [0.1, 0.15) is 0 Å². The molecular formula is C17H22N4O3. The van der Waals surface area contributed by atoms with E-state index in [1.165, 1.54) is 0 Å². The maximum Gasteiger partial charge on any atom is 0.252 e. The SMILES string of the molecule is O=C(NCCc1cnc[nH]1)c1ccc(OCC2CCOCC2)nc1. The second-order valence-corrected chi connectivity index (χ2v) is 5.83. The molecule has 0 aromatic carbocycles. The van der Waals surface area contributed by atoms with Gasteiger partial charge in [-0.15, -0.1) is 0 Å². The van der Waals surface area contributed by atoms with Gasteiger partial charge in [-0.3, -0.25) is 4.79 Å². The predicted octanol–water partition coefficient (Wildman–Crippen LogP) is 1.58. The molecule has 128 valence electrons. The van der Waals surface area contributed by atoms with E-state index in [1.807, 2.05) is 0 Å². The summed E-state index contributed by atoms with van der Waals surface area (Å²) < 4.78 is 11.0. The second kappa shape index (κ2) is 8.44. The number of carbonyl (C=O) groups is 1. The van der Waals surface area contributed by atoms with Crippen LogP contribution in [0.15, 0.2) is 30.9 Å². The first-order valence-electron chi connectivity index (χ1n) is 8.23. The monoisotopic (exact) mass is 330 g/mol. The van der Waals surface area contributed by atoms with Crippen LogP contribution in [-0.2, 0) is 11.2 Å². The van der Waals surface area contributed by atoms with Gasteiger partial charge in [-0.2, -0.15) is 0 Å². The Hall–Kier alpha value is -2.41. The van der Waals surface area contributed by atoms with E-state index in [0.717, 1.165) is 31.7 Å². The number of H-pyrrole nitrogens is 1. The van der Waals surface area contributed by atoms with E-state index in [-0.39, 0.29) is 5.91 Å². The maximum absolute atomic E-state index is 12.1. The number of ether oxygens (including phenoxy) is 2. The van der Waals surface area contributed by atoms with E-state index in [0.29, 0.717) is 36.9 Å². The topological polar surface area (TPSA) is 89.1 Å². The highest BCUT2D eigenvalue weighted by molar-refractivity contribution is 5.93. The second-order valence-electron chi connectivity index (χ2n) is 5.83. The Labute approximate surface area is 140 Å². The molecule has 0 unspecified atom stereocenters. The minimum atomic E-state index is -0.141. The molecule has 1 fully saturated rings. The van der Waals surface area contributed by atoms with Crippen molar-refractivity contribution in [3.05, 3.63) is 42.1 Å². The zero-order valence-corrected chi connectivity index (χ0v) is 13.5. The standard InChI is InChI=1S/C17H22N4O3/c22-17(19-6-3-15-10-18-12-21-15)14-1-2-16(20-9-14)24-11-13-4-7-23-8-5-13/h1-2,9-10,12-13H,3-8,11H2,(H,18,21)(H,19,22). The van der Waals surface area contributed by atoms with Gasteiger partial charge in [-0.25, -0.2) is 9.97 Å². The number of rotatable bonds is 7. The minimum Gasteiger partial charge on any atom is -0.477 e. The van der Waals surface area contributed by atoms with Crippen LogP contribution >= 0.6 is 0 Å². The molecule has 1 aliphatic rings. The van der Waals surface area contributed by atoms with Crippen LogP contribution in [0, 0.1) is 5.92 Å². The fraction of sp³-hybridized carbons (Fsp3) is 0.471. The zero-order chi connectivity index (χ0) is 16.6. The molecule has 3 rings (SSSR count). The molecule has 0 saturated carbocycles. The minimum absolute atomic E-state index is 0.141. The van der Waals surface area contributed by atoms with Crippen LogP contribution < -0.4 is 10.1 Å². The highest BCUT2D eigenvalue weighted by atomic mass is 16.5. The third-order valence-corrected chi connectivity index (χ3v) is 4.04. The summed E-state index contributed by atoms with van der Waals surface area (Å²) in [4.78, 5) is 23.2. The van der Waals surface area contributed by atoms with Crippen LogP contribution in [0.5, 0.6) is 5.88 Å². The molecule has 2 N–H and O–H groups in total. The molecule has 0 spiro atoms. The number of nitrogens with one attached hydrogen (secondary N) is 2. The smallest absolute Gasteiger partial charge is 0.252 e. The zero-order valence-electron chi connectivity index (χ0n) is 13.5. The lowest BCUT2D eigenvalue weighted by atomic mass is 10.0. The van der Waals surface area contributed by atoms with Crippen molar-refractivity contribution < 1.29 is 14.3 Å². The molecule has 24 heavy (non-hydrogen) atoms. The van der Waals surface area contributed by atoms with Crippen molar-refractivity contribution in [1.29, 1.82) is 0 Å². The van der Waals surface area contributed by atoms with E-state index in [1.54, 1.807) is 30.9 Å². The molecule has 3 heterocycles. The first kappa shape index (κ1) is 16.4. The summed E-state index contributed by atoms with van der Waals surface area (Å²) in [7, 11) is 0. The van der Waals surface area contributed by atoms with Crippen molar-refractivity contribution in [2.24, 2.45) is 5.92 Å². The van der Waals surface area contributed by atoms with Crippen molar-refractivity contribution in [2.75, 3.05) is 26.4 Å². The van der Waals surface area contributed by atoms with Crippen molar-refractivity contribution in [3.63, 3.8) is 0 Å². The Bertz CT molecular complexity index is 622. The Morgan fingerprint density at radius 1 is 1.33 bits per heavy atom. The number of pyridine rings is 1. The molecule has 1 saturated heterocycles. The number of imidazole rings is 1. The third kappa shape index (κ3) is 4.79. The fourth-order valence-corrected chi connectivity index (χ4v) is 2.55. The van der Waals surface area contributed by atoms with Gasteiger partial charge in [-0.05, 0) is 24.8 Å². The molecule has 1 amide bonds. The average molecular weight is 330 g/mol. The largest absolute Gasteiger partial charge is 0.477 e. The van der Waals surface area contributed by atoms with E-state index < -0.39 is 0 Å². The van der Waals surface area contributed by atoms with Crippen LogP contribution in [0.4, 0.5) is 0 Å². The summed E-state index contributed by atoms with van der Waals surface area (Å²) >= 11 is 0. The van der Waals surface area contributed by atoms with Gasteiger partial charge in [0, 0.05) is 50.3 Å². The maximum atomic E-state index is 12.1. The van der Waals surface area contributed by atoms with Gasteiger partial charge >= 0.3 is 0 Å². The van der Waals surface area contributed by atoms with Gasteiger partial charge in [-0.1, -0.05) is 0 Å². The number of hydrogen-bond acceptors (Lipinski definition) is 5. The highest BCUT2D eigenvalue weighted by Gasteiger charge is 2.14. The molecule has 0 atom stereocenters. The van der Waals surface area contributed by atoms with Crippen molar-refractivity contribution in [2.45, 2.75) is 19.3 Å². The molecule has 7 nitrogen and oxygen atoms in total. The van der Waals surface area contributed by atoms with E-state index in [2.05, 4.69) is 20.3 Å². The van der Waals surface area contributed by atoms with Gasteiger partial charge in [0.2, 0.25) is 5.88 Å². The van der Waals surface area contributed by atoms with Gasteiger partial charge < -0.3 is 19.8 Å². The van der Waals surface area contributed by atoms with Gasteiger partial charge in [0.15, 0.2) is 0 Å². The van der Waals surface area contributed by atoms with E-state index in [9.17, 15) is 4.79 Å². The average Bonchev–Trinajstić information content (AvgIpc) is 3.15. The molecule has 7 heteroatoms. The molecule has 0 bridgehead atoms. The van der Waals surface area contributed by atoms with Crippen LogP contribution in [-0.4, -0.2) is 47.2 Å².